The lowest BCUT2D eigenvalue weighted by Gasteiger charge is -2.18. The van der Waals surface area contributed by atoms with Crippen LogP contribution < -0.4 is 24.4 Å². The number of para-hydroxylation sites is 1. The van der Waals surface area contributed by atoms with Crippen LogP contribution in [0.25, 0.3) is 6.08 Å². The maximum absolute atomic E-state index is 12.6. The zero-order chi connectivity index (χ0) is 24.9. The minimum absolute atomic E-state index is 0.0540. The summed E-state index contributed by atoms with van der Waals surface area (Å²) in [4.78, 5) is 26.9. The summed E-state index contributed by atoms with van der Waals surface area (Å²) in [7, 11) is 4.59. The van der Waals surface area contributed by atoms with Crippen molar-refractivity contribution in [2.45, 2.75) is 19.3 Å². The summed E-state index contributed by atoms with van der Waals surface area (Å²) in [6, 6.07) is 11.3. The fraction of sp³-hybridized carbons (Fsp3) is 0.280. The molecule has 182 valence electrons. The van der Waals surface area contributed by atoms with Crippen LogP contribution >= 0.6 is 11.3 Å². The van der Waals surface area contributed by atoms with Crippen LogP contribution in [0.5, 0.6) is 17.2 Å². The lowest BCUT2D eigenvalue weighted by atomic mass is 10.1. The van der Waals surface area contributed by atoms with Crippen LogP contribution in [0, 0.1) is 6.92 Å². The SMILES string of the molecule is COc1cc(/C=C/C(=O)Nc2nnc(C3CC(=O)N(c4ccccc4C)C3)s2)cc(OC)c1OC. The van der Waals surface area contributed by atoms with E-state index in [0.29, 0.717) is 40.9 Å². The summed E-state index contributed by atoms with van der Waals surface area (Å²) >= 11 is 1.28. The number of hydrogen-bond donors (Lipinski definition) is 1. The van der Waals surface area contributed by atoms with Gasteiger partial charge in [0, 0.05) is 30.6 Å². The van der Waals surface area contributed by atoms with Crippen LogP contribution in [-0.2, 0) is 9.59 Å². The standard InChI is InChI=1S/C25H26N4O5S/c1-15-7-5-6-8-18(15)29-14-17(13-22(29)31)24-27-28-25(35-24)26-21(30)10-9-16-11-19(32-2)23(34-4)20(12-16)33-3/h5-12,17H,13-14H2,1-4H3,(H,26,28,30)/b10-9+. The number of nitrogens with zero attached hydrogens (tertiary/aromatic N) is 3. The third-order valence-electron chi connectivity index (χ3n) is 5.67. The molecule has 4 rings (SSSR count). The molecule has 10 heteroatoms. The molecule has 1 saturated heterocycles. The summed E-state index contributed by atoms with van der Waals surface area (Å²) in [5.74, 6) is 1.09. The van der Waals surface area contributed by atoms with Gasteiger partial charge in [0.1, 0.15) is 5.01 Å². The summed E-state index contributed by atoms with van der Waals surface area (Å²) in [6.07, 6.45) is 3.39. The molecule has 1 unspecified atom stereocenters. The van der Waals surface area contributed by atoms with Crippen molar-refractivity contribution >= 4 is 40.0 Å². The van der Waals surface area contributed by atoms with E-state index in [1.54, 1.807) is 23.1 Å². The summed E-state index contributed by atoms with van der Waals surface area (Å²) in [5, 5.41) is 12.1. The van der Waals surface area contributed by atoms with Gasteiger partial charge < -0.3 is 19.1 Å². The Balaban J connectivity index is 1.41. The van der Waals surface area contributed by atoms with Gasteiger partial charge in [-0.2, -0.15) is 0 Å². The van der Waals surface area contributed by atoms with Crippen molar-refractivity contribution in [3.05, 3.63) is 58.6 Å². The van der Waals surface area contributed by atoms with Crippen molar-refractivity contribution < 1.29 is 23.8 Å². The summed E-state index contributed by atoms with van der Waals surface area (Å²) in [6.45, 7) is 2.52. The molecule has 2 amide bonds. The van der Waals surface area contributed by atoms with Gasteiger partial charge in [-0.15, -0.1) is 10.2 Å². The van der Waals surface area contributed by atoms with Gasteiger partial charge in [-0.05, 0) is 42.3 Å². The molecule has 3 aromatic rings. The Labute approximate surface area is 207 Å². The Kier molecular flexibility index (Phi) is 7.31. The second-order valence-electron chi connectivity index (χ2n) is 7.92. The van der Waals surface area contributed by atoms with Gasteiger partial charge in [0.25, 0.3) is 0 Å². The van der Waals surface area contributed by atoms with E-state index in [2.05, 4.69) is 15.5 Å². The first kappa shape index (κ1) is 24.2. The number of hydrogen-bond acceptors (Lipinski definition) is 8. The van der Waals surface area contributed by atoms with Crippen LogP contribution in [0.3, 0.4) is 0 Å². The fourth-order valence-electron chi connectivity index (χ4n) is 3.94. The lowest BCUT2D eigenvalue weighted by Crippen LogP contribution is -2.25. The number of aryl methyl sites for hydroxylation is 1. The highest BCUT2D eigenvalue weighted by Gasteiger charge is 2.34. The molecule has 1 fully saturated rings. The Bertz CT molecular complexity index is 1250. The molecule has 1 aliphatic rings. The fourth-order valence-corrected chi connectivity index (χ4v) is 4.78. The molecule has 0 spiro atoms. The topological polar surface area (TPSA) is 103 Å². The Hall–Kier alpha value is -3.92. The average molecular weight is 495 g/mol. The lowest BCUT2D eigenvalue weighted by molar-refractivity contribution is -0.117. The van der Waals surface area contributed by atoms with Gasteiger partial charge >= 0.3 is 0 Å². The molecule has 1 N–H and O–H groups in total. The molecule has 1 aromatic heterocycles. The predicted octanol–water partition coefficient (Wildman–Crippen LogP) is 4.04. The number of carbonyl (C=O) groups excluding carboxylic acids is 2. The van der Waals surface area contributed by atoms with E-state index in [0.717, 1.165) is 16.3 Å². The smallest absolute Gasteiger partial charge is 0.250 e. The van der Waals surface area contributed by atoms with Crippen molar-refractivity contribution in [2.24, 2.45) is 0 Å². The third-order valence-corrected chi connectivity index (χ3v) is 6.67. The van der Waals surface area contributed by atoms with Gasteiger partial charge in [-0.25, -0.2) is 0 Å². The van der Waals surface area contributed by atoms with E-state index in [9.17, 15) is 9.59 Å². The third kappa shape index (κ3) is 5.27. The maximum atomic E-state index is 12.6. The Morgan fingerprint density at radius 1 is 1.11 bits per heavy atom. The number of ether oxygens (including phenoxy) is 3. The average Bonchev–Trinajstić information content (AvgIpc) is 3.48. The van der Waals surface area contributed by atoms with Crippen LogP contribution in [0.15, 0.2) is 42.5 Å². The molecule has 9 nitrogen and oxygen atoms in total. The Morgan fingerprint density at radius 3 is 2.49 bits per heavy atom. The minimum Gasteiger partial charge on any atom is -0.493 e. The Morgan fingerprint density at radius 2 is 1.83 bits per heavy atom. The first-order valence-electron chi connectivity index (χ1n) is 10.9. The van der Waals surface area contributed by atoms with E-state index in [-0.39, 0.29) is 17.7 Å². The number of amides is 2. The van der Waals surface area contributed by atoms with Gasteiger partial charge in [-0.1, -0.05) is 29.5 Å². The number of nitrogens with one attached hydrogen (secondary N) is 1. The number of rotatable bonds is 8. The zero-order valence-corrected chi connectivity index (χ0v) is 20.7. The predicted molar refractivity (Wildman–Crippen MR) is 135 cm³/mol. The molecule has 35 heavy (non-hydrogen) atoms. The molecule has 0 saturated carbocycles. The molecular weight excluding hydrogens is 468 g/mol. The van der Waals surface area contributed by atoms with E-state index < -0.39 is 0 Å². The van der Waals surface area contributed by atoms with Gasteiger partial charge in [-0.3, -0.25) is 14.9 Å². The number of aromatic nitrogens is 2. The minimum atomic E-state index is -0.356. The van der Waals surface area contributed by atoms with Crippen molar-refractivity contribution in [1.82, 2.24) is 10.2 Å². The second kappa shape index (κ2) is 10.6. The quantitative estimate of drug-likeness (QED) is 0.471. The van der Waals surface area contributed by atoms with E-state index in [1.165, 1.54) is 38.7 Å². The second-order valence-corrected chi connectivity index (χ2v) is 8.93. The number of carbonyl (C=O) groups is 2. The van der Waals surface area contributed by atoms with Crippen molar-refractivity contribution in [3.8, 4) is 17.2 Å². The van der Waals surface area contributed by atoms with E-state index in [1.807, 2.05) is 31.2 Å². The molecule has 0 radical (unpaired) electrons. The number of methoxy groups -OCH3 is 3. The van der Waals surface area contributed by atoms with Crippen molar-refractivity contribution in [2.75, 3.05) is 38.1 Å². The first-order chi connectivity index (χ1) is 16.9. The zero-order valence-electron chi connectivity index (χ0n) is 19.9. The monoisotopic (exact) mass is 494 g/mol. The van der Waals surface area contributed by atoms with Gasteiger partial charge in [0.05, 0.1) is 21.3 Å². The molecule has 0 aliphatic carbocycles. The largest absolute Gasteiger partial charge is 0.493 e. The van der Waals surface area contributed by atoms with Crippen molar-refractivity contribution in [3.63, 3.8) is 0 Å². The van der Waals surface area contributed by atoms with E-state index in [4.69, 9.17) is 14.2 Å². The van der Waals surface area contributed by atoms with Crippen LogP contribution in [0.1, 0.15) is 28.5 Å². The molecule has 1 atom stereocenters. The number of anilines is 2. The normalized spacial score (nSPS) is 15.5. The van der Waals surface area contributed by atoms with Gasteiger partial charge in [0.2, 0.25) is 22.7 Å². The summed E-state index contributed by atoms with van der Waals surface area (Å²) in [5.41, 5.74) is 2.66. The van der Waals surface area contributed by atoms with Crippen LogP contribution in [-0.4, -0.2) is 49.9 Å². The highest BCUT2D eigenvalue weighted by atomic mass is 32.1. The highest BCUT2D eigenvalue weighted by Crippen LogP contribution is 2.38. The van der Waals surface area contributed by atoms with Crippen LogP contribution in [0.4, 0.5) is 10.8 Å². The van der Waals surface area contributed by atoms with E-state index >= 15 is 0 Å². The summed E-state index contributed by atoms with van der Waals surface area (Å²) < 4.78 is 16.0. The molecular formula is C25H26N4O5S. The van der Waals surface area contributed by atoms with Crippen LogP contribution in [0.2, 0.25) is 0 Å². The number of benzene rings is 2. The highest BCUT2D eigenvalue weighted by molar-refractivity contribution is 7.15. The first-order valence-corrected chi connectivity index (χ1v) is 11.7. The molecule has 2 aromatic carbocycles. The van der Waals surface area contributed by atoms with Crippen molar-refractivity contribution in [1.29, 1.82) is 0 Å². The molecule has 2 heterocycles. The van der Waals surface area contributed by atoms with Gasteiger partial charge in [0.15, 0.2) is 11.5 Å². The maximum Gasteiger partial charge on any atom is 0.250 e. The molecule has 0 bridgehead atoms. The molecule has 1 aliphatic heterocycles.